The molecular formula is C15H26N4O3S. The normalized spacial score (nSPS) is 22.0. The highest BCUT2D eigenvalue weighted by molar-refractivity contribution is 7.90. The zero-order valence-electron chi connectivity index (χ0n) is 14.0. The average molecular weight is 342 g/mol. The van der Waals surface area contributed by atoms with E-state index in [4.69, 9.17) is 0 Å². The van der Waals surface area contributed by atoms with Crippen molar-refractivity contribution in [3.05, 3.63) is 18.2 Å². The van der Waals surface area contributed by atoms with Gasteiger partial charge in [0.1, 0.15) is 11.6 Å². The fourth-order valence-corrected chi connectivity index (χ4v) is 4.17. The minimum absolute atomic E-state index is 0.0381. The summed E-state index contributed by atoms with van der Waals surface area (Å²) in [5, 5.41) is 0. The molecule has 1 fully saturated rings. The van der Waals surface area contributed by atoms with E-state index >= 15 is 0 Å². The smallest absolute Gasteiger partial charge is 0.239 e. The van der Waals surface area contributed by atoms with Gasteiger partial charge in [0.25, 0.3) is 0 Å². The van der Waals surface area contributed by atoms with Crippen molar-refractivity contribution in [3.63, 3.8) is 0 Å². The standard InChI is InChI=1S/C15H26N4O3S/c1-12-4-6-13(7-5-12)17-23(21,22)11-15(20)19(3)10-14-16-8-9-18(14)2/h8-9,12-13,17H,4-7,10-11H2,1-3H3. The number of rotatable bonds is 6. The lowest BCUT2D eigenvalue weighted by Gasteiger charge is -2.27. The van der Waals surface area contributed by atoms with Crippen molar-refractivity contribution >= 4 is 15.9 Å². The van der Waals surface area contributed by atoms with E-state index in [9.17, 15) is 13.2 Å². The summed E-state index contributed by atoms with van der Waals surface area (Å²) in [5.74, 6) is 0.429. The molecule has 8 heteroatoms. The molecule has 0 spiro atoms. The van der Waals surface area contributed by atoms with Crippen LogP contribution in [0.1, 0.15) is 38.4 Å². The molecular weight excluding hydrogens is 316 g/mol. The van der Waals surface area contributed by atoms with Crippen molar-refractivity contribution in [2.75, 3.05) is 12.8 Å². The minimum Gasteiger partial charge on any atom is -0.337 e. The number of hydrogen-bond donors (Lipinski definition) is 1. The van der Waals surface area contributed by atoms with Crippen LogP contribution < -0.4 is 4.72 Å². The molecule has 0 aromatic carbocycles. The van der Waals surface area contributed by atoms with E-state index in [1.807, 2.05) is 7.05 Å². The summed E-state index contributed by atoms with van der Waals surface area (Å²) in [7, 11) is -0.172. The third-order valence-corrected chi connectivity index (χ3v) is 5.72. The number of nitrogens with one attached hydrogen (secondary N) is 1. The molecule has 0 bridgehead atoms. The van der Waals surface area contributed by atoms with Crippen molar-refractivity contribution in [3.8, 4) is 0 Å². The molecule has 1 N–H and O–H groups in total. The summed E-state index contributed by atoms with van der Waals surface area (Å²) in [6.07, 6.45) is 7.18. The van der Waals surface area contributed by atoms with Crippen molar-refractivity contribution in [2.45, 2.75) is 45.2 Å². The number of sulfonamides is 1. The molecule has 1 aromatic rings. The van der Waals surface area contributed by atoms with Gasteiger partial charge in [0.2, 0.25) is 15.9 Å². The van der Waals surface area contributed by atoms with Crippen LogP contribution in [0.4, 0.5) is 0 Å². The molecule has 0 unspecified atom stereocenters. The second-order valence-electron chi connectivity index (χ2n) is 6.54. The lowest BCUT2D eigenvalue weighted by atomic mass is 9.88. The van der Waals surface area contributed by atoms with Crippen molar-refractivity contribution < 1.29 is 13.2 Å². The van der Waals surface area contributed by atoms with Gasteiger partial charge in [-0.3, -0.25) is 4.79 Å². The highest BCUT2D eigenvalue weighted by Crippen LogP contribution is 2.23. The van der Waals surface area contributed by atoms with Gasteiger partial charge in [-0.25, -0.2) is 18.1 Å². The summed E-state index contributed by atoms with van der Waals surface area (Å²) in [6, 6.07) is -0.0381. The van der Waals surface area contributed by atoms with Gasteiger partial charge in [0, 0.05) is 32.5 Å². The molecule has 1 aromatic heterocycles. The highest BCUT2D eigenvalue weighted by Gasteiger charge is 2.26. The van der Waals surface area contributed by atoms with Gasteiger partial charge in [-0.05, 0) is 31.6 Å². The molecule has 1 aliphatic carbocycles. The SMILES string of the molecule is CC1CCC(NS(=O)(=O)CC(=O)N(C)Cc2nccn2C)CC1. The number of hydrogen-bond acceptors (Lipinski definition) is 4. The Labute approximate surface area is 138 Å². The Morgan fingerprint density at radius 3 is 2.61 bits per heavy atom. The van der Waals surface area contributed by atoms with E-state index in [0.29, 0.717) is 18.3 Å². The Morgan fingerprint density at radius 2 is 2.04 bits per heavy atom. The maximum Gasteiger partial charge on any atom is 0.239 e. The molecule has 7 nitrogen and oxygen atoms in total. The second kappa shape index (κ2) is 7.44. The molecule has 1 amide bonds. The molecule has 23 heavy (non-hydrogen) atoms. The molecule has 0 atom stereocenters. The van der Waals surface area contributed by atoms with Gasteiger partial charge in [-0.15, -0.1) is 0 Å². The monoisotopic (exact) mass is 342 g/mol. The fourth-order valence-electron chi connectivity index (χ4n) is 2.80. The first kappa shape index (κ1) is 17.9. The molecule has 1 saturated carbocycles. The van der Waals surface area contributed by atoms with E-state index in [0.717, 1.165) is 25.7 Å². The summed E-state index contributed by atoms with van der Waals surface area (Å²) in [4.78, 5) is 17.7. The average Bonchev–Trinajstić information content (AvgIpc) is 2.86. The van der Waals surface area contributed by atoms with Gasteiger partial charge in [0.15, 0.2) is 0 Å². The fraction of sp³-hybridized carbons (Fsp3) is 0.733. The quantitative estimate of drug-likeness (QED) is 0.832. The summed E-state index contributed by atoms with van der Waals surface area (Å²) < 4.78 is 28.9. The van der Waals surface area contributed by atoms with Crippen LogP contribution in [-0.2, 0) is 28.4 Å². The van der Waals surface area contributed by atoms with Crippen LogP contribution >= 0.6 is 0 Å². The summed E-state index contributed by atoms with van der Waals surface area (Å²) in [6.45, 7) is 2.47. The number of imidazole rings is 1. The largest absolute Gasteiger partial charge is 0.337 e. The van der Waals surface area contributed by atoms with Gasteiger partial charge in [-0.1, -0.05) is 6.92 Å². The third-order valence-electron chi connectivity index (χ3n) is 4.40. The number of carbonyl (C=O) groups is 1. The van der Waals surface area contributed by atoms with Crippen LogP contribution in [-0.4, -0.2) is 47.6 Å². The Morgan fingerprint density at radius 1 is 1.39 bits per heavy atom. The van der Waals surface area contributed by atoms with Gasteiger partial charge in [0.05, 0.1) is 6.54 Å². The maximum atomic E-state index is 12.2. The number of nitrogens with zero attached hydrogens (tertiary/aromatic N) is 3. The second-order valence-corrected chi connectivity index (χ2v) is 8.29. The summed E-state index contributed by atoms with van der Waals surface area (Å²) >= 11 is 0. The van der Waals surface area contributed by atoms with Crippen LogP contribution in [0.2, 0.25) is 0 Å². The molecule has 0 radical (unpaired) electrons. The third kappa shape index (κ3) is 5.31. The van der Waals surface area contributed by atoms with E-state index in [1.165, 1.54) is 4.90 Å². The van der Waals surface area contributed by atoms with E-state index in [-0.39, 0.29) is 6.04 Å². The van der Waals surface area contributed by atoms with E-state index in [2.05, 4.69) is 16.6 Å². The highest BCUT2D eigenvalue weighted by atomic mass is 32.2. The van der Waals surface area contributed by atoms with Gasteiger partial charge >= 0.3 is 0 Å². The van der Waals surface area contributed by atoms with Crippen molar-refractivity contribution in [1.82, 2.24) is 19.2 Å². The number of carbonyl (C=O) groups excluding carboxylic acids is 1. The first-order valence-electron chi connectivity index (χ1n) is 7.97. The Hall–Kier alpha value is -1.41. The zero-order valence-corrected chi connectivity index (χ0v) is 14.8. The van der Waals surface area contributed by atoms with Crippen molar-refractivity contribution in [2.24, 2.45) is 13.0 Å². The van der Waals surface area contributed by atoms with Crippen LogP contribution in [0, 0.1) is 5.92 Å². The Balaban J connectivity index is 1.86. The molecule has 0 aliphatic heterocycles. The minimum atomic E-state index is -3.60. The Kier molecular flexibility index (Phi) is 5.80. The predicted molar refractivity (Wildman–Crippen MR) is 88.0 cm³/mol. The molecule has 130 valence electrons. The number of aryl methyl sites for hydroxylation is 1. The maximum absolute atomic E-state index is 12.2. The Bertz CT molecular complexity index is 633. The van der Waals surface area contributed by atoms with Crippen LogP contribution in [0.3, 0.4) is 0 Å². The van der Waals surface area contributed by atoms with Gasteiger partial charge in [-0.2, -0.15) is 0 Å². The molecule has 1 heterocycles. The van der Waals surface area contributed by atoms with Crippen LogP contribution in [0.25, 0.3) is 0 Å². The van der Waals surface area contributed by atoms with E-state index in [1.54, 1.807) is 24.0 Å². The van der Waals surface area contributed by atoms with Crippen LogP contribution in [0.5, 0.6) is 0 Å². The zero-order chi connectivity index (χ0) is 17.0. The summed E-state index contributed by atoms with van der Waals surface area (Å²) in [5.41, 5.74) is 0. The van der Waals surface area contributed by atoms with Gasteiger partial charge < -0.3 is 9.47 Å². The molecule has 0 saturated heterocycles. The number of amides is 1. The lowest BCUT2D eigenvalue weighted by molar-refractivity contribution is -0.127. The first-order valence-corrected chi connectivity index (χ1v) is 9.62. The first-order chi connectivity index (χ1) is 10.8. The predicted octanol–water partition coefficient (Wildman–Crippen LogP) is 0.877. The van der Waals surface area contributed by atoms with E-state index < -0.39 is 21.7 Å². The van der Waals surface area contributed by atoms with Crippen LogP contribution in [0.15, 0.2) is 12.4 Å². The number of aromatic nitrogens is 2. The molecule has 1 aliphatic rings. The lowest BCUT2D eigenvalue weighted by Crippen LogP contribution is -2.42. The van der Waals surface area contributed by atoms with Crippen molar-refractivity contribution in [1.29, 1.82) is 0 Å². The topological polar surface area (TPSA) is 84.3 Å². The molecule has 2 rings (SSSR count).